The minimum Gasteiger partial charge on any atom is -0.378 e. The maximum atomic E-state index is 13.3. The first-order chi connectivity index (χ1) is 14.0. The van der Waals surface area contributed by atoms with Gasteiger partial charge in [0.15, 0.2) is 0 Å². The zero-order chi connectivity index (χ0) is 20.7. The van der Waals surface area contributed by atoms with Crippen molar-refractivity contribution in [3.63, 3.8) is 0 Å². The molecule has 29 heavy (non-hydrogen) atoms. The van der Waals surface area contributed by atoms with Gasteiger partial charge >= 0.3 is 0 Å². The van der Waals surface area contributed by atoms with Crippen LogP contribution in [-0.4, -0.2) is 40.1 Å². The Morgan fingerprint density at radius 1 is 1.21 bits per heavy atom. The molecule has 1 N–H and O–H groups in total. The predicted octanol–water partition coefficient (Wildman–Crippen LogP) is 3.55. The number of hydrogen-bond acceptors (Lipinski definition) is 5. The molecule has 3 rings (SSSR count). The molecule has 6 nitrogen and oxygen atoms in total. The Morgan fingerprint density at radius 3 is 2.59 bits per heavy atom. The number of amides is 1. The molecule has 1 heterocycles. The molecular formula is C20H25FN2O4S2. The van der Waals surface area contributed by atoms with E-state index in [4.69, 9.17) is 4.74 Å². The third-order valence-electron chi connectivity index (χ3n) is 4.74. The molecule has 1 amide bonds. The molecule has 9 heteroatoms. The second-order valence-corrected chi connectivity index (χ2v) is 9.94. The predicted molar refractivity (Wildman–Crippen MR) is 111 cm³/mol. The number of halogens is 1. The molecule has 1 saturated carbocycles. The minimum atomic E-state index is -3.92. The number of anilines is 1. The van der Waals surface area contributed by atoms with Gasteiger partial charge in [-0.25, -0.2) is 12.8 Å². The van der Waals surface area contributed by atoms with E-state index in [0.29, 0.717) is 25.7 Å². The molecule has 1 aromatic carbocycles. The van der Waals surface area contributed by atoms with E-state index in [9.17, 15) is 17.6 Å². The number of benzene rings is 1. The summed E-state index contributed by atoms with van der Waals surface area (Å²) < 4.78 is 46.1. The van der Waals surface area contributed by atoms with Gasteiger partial charge in [0, 0.05) is 13.2 Å². The summed E-state index contributed by atoms with van der Waals surface area (Å²) in [4.78, 5) is 12.4. The lowest BCUT2D eigenvalue weighted by molar-refractivity contribution is -0.119. The summed E-state index contributed by atoms with van der Waals surface area (Å²) in [6, 6.07) is 8.15. The Kier molecular flexibility index (Phi) is 7.63. The molecule has 1 aliphatic carbocycles. The highest BCUT2D eigenvalue weighted by molar-refractivity contribution is 7.94. The third-order valence-corrected chi connectivity index (χ3v) is 7.89. The number of nitrogens with zero attached hydrogens (tertiary/aromatic N) is 1. The third kappa shape index (κ3) is 6.01. The summed E-state index contributed by atoms with van der Waals surface area (Å²) in [5.74, 6) is -0.899. The summed E-state index contributed by atoms with van der Waals surface area (Å²) in [6.45, 7) is 0.595. The van der Waals surface area contributed by atoms with Crippen LogP contribution in [0, 0.1) is 5.82 Å². The quantitative estimate of drug-likeness (QED) is 0.574. The van der Waals surface area contributed by atoms with Crippen LogP contribution in [0.5, 0.6) is 0 Å². The van der Waals surface area contributed by atoms with E-state index in [1.807, 2.05) is 0 Å². The highest BCUT2D eigenvalue weighted by atomic mass is 32.2. The second kappa shape index (κ2) is 10.2. The van der Waals surface area contributed by atoms with Crippen LogP contribution in [0.15, 0.2) is 46.0 Å². The molecule has 0 spiro atoms. The lowest BCUT2D eigenvalue weighted by Gasteiger charge is -2.23. The first-order valence-electron chi connectivity index (χ1n) is 9.67. The highest BCUT2D eigenvalue weighted by Gasteiger charge is 2.28. The average Bonchev–Trinajstić information content (AvgIpc) is 3.41. The molecule has 1 fully saturated rings. The number of nitrogens with one attached hydrogen (secondary N) is 1. The van der Waals surface area contributed by atoms with Crippen LogP contribution < -0.4 is 9.62 Å². The highest BCUT2D eigenvalue weighted by Crippen LogP contribution is 2.26. The van der Waals surface area contributed by atoms with Crippen LogP contribution in [0.2, 0.25) is 0 Å². The minimum absolute atomic E-state index is 0.125. The molecule has 0 atom stereocenters. The largest absolute Gasteiger partial charge is 0.378 e. The average molecular weight is 441 g/mol. The van der Waals surface area contributed by atoms with Crippen LogP contribution in [0.4, 0.5) is 10.1 Å². The van der Waals surface area contributed by atoms with Gasteiger partial charge in [-0.1, -0.05) is 18.9 Å². The monoisotopic (exact) mass is 440 g/mol. The van der Waals surface area contributed by atoms with Crippen molar-refractivity contribution in [2.75, 3.05) is 24.0 Å². The molecule has 2 aromatic rings. The Bertz CT molecular complexity index is 880. The molecule has 0 aliphatic heterocycles. The molecule has 0 radical (unpaired) electrons. The Morgan fingerprint density at radius 2 is 1.93 bits per heavy atom. The summed E-state index contributed by atoms with van der Waals surface area (Å²) in [6.07, 6.45) is 5.60. The number of ether oxygens (including phenoxy) is 1. The van der Waals surface area contributed by atoms with Gasteiger partial charge in [-0.15, -0.1) is 11.3 Å². The molecule has 0 bridgehead atoms. The SMILES string of the molecule is O=C(CN(c1ccc(F)cc1)S(=O)(=O)c1cccs1)NCCCOC1CCCC1. The van der Waals surface area contributed by atoms with E-state index in [0.717, 1.165) is 28.5 Å². The second-order valence-electron chi connectivity index (χ2n) is 6.90. The van der Waals surface area contributed by atoms with E-state index < -0.39 is 21.7 Å². The van der Waals surface area contributed by atoms with E-state index in [1.54, 1.807) is 11.4 Å². The first-order valence-corrected chi connectivity index (χ1v) is 12.0. The van der Waals surface area contributed by atoms with Gasteiger partial charge in [0.1, 0.15) is 16.6 Å². The molecular weight excluding hydrogens is 415 g/mol. The van der Waals surface area contributed by atoms with Gasteiger partial charge < -0.3 is 10.1 Å². The van der Waals surface area contributed by atoms with Crippen LogP contribution in [0.25, 0.3) is 0 Å². The number of hydrogen-bond donors (Lipinski definition) is 1. The fraction of sp³-hybridized carbons (Fsp3) is 0.450. The zero-order valence-electron chi connectivity index (χ0n) is 16.1. The van der Waals surface area contributed by atoms with E-state index in [1.165, 1.54) is 43.2 Å². The van der Waals surface area contributed by atoms with Gasteiger partial charge in [0.25, 0.3) is 10.0 Å². The van der Waals surface area contributed by atoms with Crippen molar-refractivity contribution in [1.82, 2.24) is 5.32 Å². The summed E-state index contributed by atoms with van der Waals surface area (Å²) in [7, 11) is -3.92. The molecule has 0 unspecified atom stereocenters. The smallest absolute Gasteiger partial charge is 0.274 e. The van der Waals surface area contributed by atoms with Crippen LogP contribution in [0.3, 0.4) is 0 Å². The van der Waals surface area contributed by atoms with Crippen molar-refractivity contribution in [2.45, 2.75) is 42.4 Å². The van der Waals surface area contributed by atoms with E-state index >= 15 is 0 Å². The van der Waals surface area contributed by atoms with Crippen molar-refractivity contribution < 1.29 is 22.3 Å². The van der Waals surface area contributed by atoms with Crippen molar-refractivity contribution in [2.24, 2.45) is 0 Å². The zero-order valence-corrected chi connectivity index (χ0v) is 17.7. The first kappa shape index (κ1) is 21.7. The fourth-order valence-corrected chi connectivity index (χ4v) is 5.76. The van der Waals surface area contributed by atoms with Crippen LogP contribution >= 0.6 is 11.3 Å². The number of sulfonamides is 1. The molecule has 0 saturated heterocycles. The van der Waals surface area contributed by atoms with Crippen molar-refractivity contribution in [3.8, 4) is 0 Å². The normalized spacial score (nSPS) is 14.8. The topological polar surface area (TPSA) is 75.7 Å². The van der Waals surface area contributed by atoms with Crippen LogP contribution in [-0.2, 0) is 19.6 Å². The van der Waals surface area contributed by atoms with Crippen molar-refractivity contribution in [3.05, 3.63) is 47.6 Å². The summed E-state index contributed by atoms with van der Waals surface area (Å²) in [5, 5.41) is 4.39. The number of rotatable bonds is 10. The Balaban J connectivity index is 1.59. The van der Waals surface area contributed by atoms with Crippen molar-refractivity contribution >= 4 is 33.0 Å². The van der Waals surface area contributed by atoms with Crippen molar-refractivity contribution in [1.29, 1.82) is 0 Å². The molecule has 1 aliphatic rings. The van der Waals surface area contributed by atoms with Crippen LogP contribution in [0.1, 0.15) is 32.1 Å². The standard InChI is InChI=1S/C20H25FN2O4S2/c21-16-8-10-17(11-9-16)23(29(25,26)20-7-3-14-28-20)15-19(24)22-12-4-13-27-18-5-1-2-6-18/h3,7-11,14,18H,1-2,4-6,12-13,15H2,(H,22,24). The molecule has 1 aromatic heterocycles. The van der Waals surface area contributed by atoms with Gasteiger partial charge in [-0.2, -0.15) is 0 Å². The maximum Gasteiger partial charge on any atom is 0.274 e. The number of carbonyl (C=O) groups excluding carboxylic acids is 1. The van der Waals surface area contributed by atoms with Gasteiger partial charge in [-0.05, 0) is 55.0 Å². The van der Waals surface area contributed by atoms with Gasteiger partial charge in [-0.3, -0.25) is 9.10 Å². The van der Waals surface area contributed by atoms with Gasteiger partial charge in [0.05, 0.1) is 11.8 Å². The Labute approximate surface area is 174 Å². The summed E-state index contributed by atoms with van der Waals surface area (Å²) >= 11 is 1.07. The maximum absolute atomic E-state index is 13.3. The number of carbonyl (C=O) groups is 1. The van der Waals surface area contributed by atoms with E-state index in [2.05, 4.69) is 5.32 Å². The summed E-state index contributed by atoms with van der Waals surface area (Å²) in [5.41, 5.74) is 0.236. The number of thiophene rings is 1. The van der Waals surface area contributed by atoms with E-state index in [-0.39, 0.29) is 16.4 Å². The fourth-order valence-electron chi connectivity index (χ4n) is 3.23. The molecule has 158 valence electrons. The lowest BCUT2D eigenvalue weighted by Crippen LogP contribution is -2.41. The van der Waals surface area contributed by atoms with Gasteiger partial charge in [0.2, 0.25) is 5.91 Å². The lowest BCUT2D eigenvalue weighted by atomic mass is 10.3. The Hall–Kier alpha value is -1.97.